The molecule has 2 N–H and O–H groups in total. The Hall–Kier alpha value is -2.20. The minimum absolute atomic E-state index is 0.174. The Morgan fingerprint density at radius 1 is 1.22 bits per heavy atom. The highest BCUT2D eigenvalue weighted by molar-refractivity contribution is 5.82. The molecule has 0 saturated carbocycles. The molecule has 2 aromatic heterocycles. The average molecular weight is 238 g/mol. The number of fused-ring (bicyclic) bond motifs is 1. The predicted octanol–water partition coefficient (Wildman–Crippen LogP) is 2.02. The molecule has 3 rings (SSSR count). The highest BCUT2D eigenvalue weighted by atomic mass is 15.2. The number of aryl methyl sites for hydroxylation is 1. The maximum Gasteiger partial charge on any atom is 0.0705 e. The van der Waals surface area contributed by atoms with Gasteiger partial charge in [-0.3, -0.25) is 9.67 Å². The van der Waals surface area contributed by atoms with Crippen LogP contribution in [0.3, 0.4) is 0 Å². The molecule has 0 spiro atoms. The van der Waals surface area contributed by atoms with Crippen LogP contribution < -0.4 is 5.73 Å². The molecule has 90 valence electrons. The second kappa shape index (κ2) is 4.23. The first-order valence-corrected chi connectivity index (χ1v) is 5.83. The lowest BCUT2D eigenvalue weighted by Crippen LogP contribution is -2.11. The lowest BCUT2D eigenvalue weighted by Gasteiger charge is -2.12. The molecule has 0 fully saturated rings. The van der Waals surface area contributed by atoms with Crippen LogP contribution in [0.1, 0.15) is 17.2 Å². The van der Waals surface area contributed by atoms with Crippen LogP contribution in [0.25, 0.3) is 10.9 Å². The molecule has 3 aromatic rings. The van der Waals surface area contributed by atoms with Crippen LogP contribution in [-0.4, -0.2) is 14.8 Å². The van der Waals surface area contributed by atoms with E-state index in [9.17, 15) is 0 Å². The summed E-state index contributed by atoms with van der Waals surface area (Å²) in [4.78, 5) is 4.35. The molecular weight excluding hydrogens is 224 g/mol. The Morgan fingerprint density at radius 3 is 2.83 bits per heavy atom. The molecule has 0 radical (unpaired) electrons. The lowest BCUT2D eigenvalue weighted by atomic mass is 9.99. The first-order valence-electron chi connectivity index (χ1n) is 5.83. The predicted molar refractivity (Wildman–Crippen MR) is 71.0 cm³/mol. The van der Waals surface area contributed by atoms with Gasteiger partial charge in [-0.05, 0) is 17.7 Å². The quantitative estimate of drug-likeness (QED) is 0.743. The summed E-state index contributed by atoms with van der Waals surface area (Å²) in [7, 11) is 1.89. The molecule has 0 aliphatic heterocycles. The van der Waals surface area contributed by atoms with Gasteiger partial charge in [-0.2, -0.15) is 5.10 Å². The van der Waals surface area contributed by atoms with Crippen LogP contribution in [0.15, 0.2) is 48.9 Å². The number of aromatic nitrogens is 3. The highest BCUT2D eigenvalue weighted by Gasteiger charge is 2.13. The molecule has 18 heavy (non-hydrogen) atoms. The Balaban J connectivity index is 2.14. The van der Waals surface area contributed by atoms with Crippen molar-refractivity contribution in [3.05, 3.63) is 60.0 Å². The van der Waals surface area contributed by atoms with Gasteiger partial charge in [-0.25, -0.2) is 0 Å². The smallest absolute Gasteiger partial charge is 0.0705 e. The largest absolute Gasteiger partial charge is 0.320 e. The number of hydrogen-bond donors (Lipinski definition) is 1. The fourth-order valence-electron chi connectivity index (χ4n) is 2.17. The van der Waals surface area contributed by atoms with Crippen LogP contribution in [0.4, 0.5) is 0 Å². The molecule has 0 bridgehead atoms. The number of benzene rings is 1. The molecule has 0 aliphatic rings. The molecule has 1 aromatic carbocycles. The minimum atomic E-state index is -0.174. The number of pyridine rings is 1. The van der Waals surface area contributed by atoms with Crippen LogP contribution >= 0.6 is 0 Å². The zero-order valence-corrected chi connectivity index (χ0v) is 10.1. The van der Waals surface area contributed by atoms with E-state index in [4.69, 9.17) is 5.73 Å². The van der Waals surface area contributed by atoms with E-state index in [1.54, 1.807) is 17.1 Å². The van der Waals surface area contributed by atoms with E-state index in [0.29, 0.717) is 0 Å². The standard InChI is InChI=1S/C14H14N4/c1-18-9-10(8-17-18)14(15)12-6-7-16-13-5-3-2-4-11(12)13/h2-9,14H,15H2,1H3. The molecule has 1 atom stereocenters. The van der Waals surface area contributed by atoms with Crippen molar-refractivity contribution >= 4 is 10.9 Å². The van der Waals surface area contributed by atoms with E-state index in [0.717, 1.165) is 22.0 Å². The molecule has 0 amide bonds. The number of nitrogens with two attached hydrogens (primary N) is 1. The monoisotopic (exact) mass is 238 g/mol. The fraction of sp³-hybridized carbons (Fsp3) is 0.143. The van der Waals surface area contributed by atoms with Crippen molar-refractivity contribution in [2.24, 2.45) is 12.8 Å². The summed E-state index contributed by atoms with van der Waals surface area (Å²) in [5.41, 5.74) is 9.37. The van der Waals surface area contributed by atoms with Gasteiger partial charge in [0.25, 0.3) is 0 Å². The SMILES string of the molecule is Cn1cc(C(N)c2ccnc3ccccc23)cn1. The second-order valence-electron chi connectivity index (χ2n) is 4.34. The first kappa shape index (κ1) is 10.9. The van der Waals surface area contributed by atoms with Crippen LogP contribution in [0.2, 0.25) is 0 Å². The van der Waals surface area contributed by atoms with Crippen molar-refractivity contribution in [2.45, 2.75) is 6.04 Å². The van der Waals surface area contributed by atoms with Gasteiger partial charge >= 0.3 is 0 Å². The van der Waals surface area contributed by atoms with Gasteiger partial charge in [0, 0.05) is 30.4 Å². The van der Waals surface area contributed by atoms with Gasteiger partial charge in [0.1, 0.15) is 0 Å². The Kier molecular flexibility index (Phi) is 2.57. The van der Waals surface area contributed by atoms with Crippen molar-refractivity contribution in [1.82, 2.24) is 14.8 Å². The third-order valence-corrected chi connectivity index (χ3v) is 3.10. The zero-order chi connectivity index (χ0) is 12.5. The van der Waals surface area contributed by atoms with Crippen molar-refractivity contribution < 1.29 is 0 Å². The van der Waals surface area contributed by atoms with Gasteiger partial charge in [-0.15, -0.1) is 0 Å². The summed E-state index contributed by atoms with van der Waals surface area (Å²) in [5, 5.41) is 5.26. The van der Waals surface area contributed by atoms with E-state index in [1.807, 2.05) is 43.6 Å². The van der Waals surface area contributed by atoms with Gasteiger partial charge < -0.3 is 5.73 Å². The molecule has 4 heteroatoms. The third-order valence-electron chi connectivity index (χ3n) is 3.10. The van der Waals surface area contributed by atoms with Gasteiger partial charge in [0.15, 0.2) is 0 Å². The van der Waals surface area contributed by atoms with Crippen molar-refractivity contribution in [1.29, 1.82) is 0 Å². The topological polar surface area (TPSA) is 56.7 Å². The first-order chi connectivity index (χ1) is 8.75. The summed E-state index contributed by atoms with van der Waals surface area (Å²) in [6.45, 7) is 0. The second-order valence-corrected chi connectivity index (χ2v) is 4.34. The molecule has 4 nitrogen and oxygen atoms in total. The third kappa shape index (κ3) is 1.76. The molecule has 2 heterocycles. The summed E-state index contributed by atoms with van der Waals surface area (Å²) in [6.07, 6.45) is 5.55. The maximum atomic E-state index is 6.31. The van der Waals surface area contributed by atoms with Crippen LogP contribution in [-0.2, 0) is 7.05 Å². The van der Waals surface area contributed by atoms with Crippen LogP contribution in [0, 0.1) is 0 Å². The summed E-state index contributed by atoms with van der Waals surface area (Å²) >= 11 is 0. The fourth-order valence-corrected chi connectivity index (χ4v) is 2.17. The maximum absolute atomic E-state index is 6.31. The summed E-state index contributed by atoms with van der Waals surface area (Å²) in [6, 6.07) is 9.83. The summed E-state index contributed by atoms with van der Waals surface area (Å²) in [5.74, 6) is 0. The van der Waals surface area contributed by atoms with Crippen LogP contribution in [0.5, 0.6) is 0 Å². The normalized spacial score (nSPS) is 12.8. The Bertz CT molecular complexity index is 682. The van der Waals surface area contributed by atoms with Gasteiger partial charge in [-0.1, -0.05) is 18.2 Å². The minimum Gasteiger partial charge on any atom is -0.320 e. The average Bonchev–Trinajstić information content (AvgIpc) is 2.84. The number of para-hydroxylation sites is 1. The van der Waals surface area contributed by atoms with E-state index in [1.165, 1.54) is 0 Å². The lowest BCUT2D eigenvalue weighted by molar-refractivity contribution is 0.765. The Morgan fingerprint density at radius 2 is 2.06 bits per heavy atom. The van der Waals surface area contributed by atoms with E-state index >= 15 is 0 Å². The summed E-state index contributed by atoms with van der Waals surface area (Å²) < 4.78 is 1.76. The van der Waals surface area contributed by atoms with Crippen molar-refractivity contribution in [3.8, 4) is 0 Å². The van der Waals surface area contributed by atoms with E-state index < -0.39 is 0 Å². The van der Waals surface area contributed by atoms with E-state index in [-0.39, 0.29) is 6.04 Å². The molecular formula is C14H14N4. The zero-order valence-electron chi connectivity index (χ0n) is 10.1. The van der Waals surface area contributed by atoms with Crippen molar-refractivity contribution in [3.63, 3.8) is 0 Å². The number of hydrogen-bond acceptors (Lipinski definition) is 3. The highest BCUT2D eigenvalue weighted by Crippen LogP contribution is 2.25. The van der Waals surface area contributed by atoms with Gasteiger partial charge in [0.2, 0.25) is 0 Å². The van der Waals surface area contributed by atoms with E-state index in [2.05, 4.69) is 10.1 Å². The van der Waals surface area contributed by atoms with Crippen molar-refractivity contribution in [2.75, 3.05) is 0 Å². The Labute approximate surface area is 105 Å². The molecule has 1 unspecified atom stereocenters. The number of rotatable bonds is 2. The number of nitrogens with zero attached hydrogens (tertiary/aromatic N) is 3. The molecule has 0 aliphatic carbocycles. The molecule has 0 saturated heterocycles. The van der Waals surface area contributed by atoms with Gasteiger partial charge in [0.05, 0.1) is 17.8 Å².